The first-order valence-electron chi connectivity index (χ1n) is 10.5. The van der Waals surface area contributed by atoms with E-state index in [9.17, 15) is 19.2 Å². The number of hydrogen-bond donors (Lipinski definition) is 2. The monoisotopic (exact) mass is 509 g/mol. The number of rotatable bonds is 9. The third-order valence-electron chi connectivity index (χ3n) is 4.75. The Bertz CT molecular complexity index is 1320. The Hall–Kier alpha value is -4.55. The van der Waals surface area contributed by atoms with Gasteiger partial charge in [-0.05, 0) is 72.3 Å². The lowest BCUT2D eigenvalue weighted by Crippen LogP contribution is -2.20. The number of ether oxygens (including phenoxy) is 3. The first-order chi connectivity index (χ1) is 17.3. The zero-order valence-corrected chi connectivity index (χ0v) is 20.1. The fraction of sp³-hybridized carbons (Fsp3) is 0.115. The Labute approximate surface area is 211 Å². The van der Waals surface area contributed by atoms with Crippen LogP contribution in [0.15, 0.2) is 66.2 Å². The van der Waals surface area contributed by atoms with Gasteiger partial charge in [-0.15, -0.1) is 0 Å². The number of hydrogen-bond acceptors (Lipinski definition) is 6. The molecule has 0 saturated heterocycles. The summed E-state index contributed by atoms with van der Waals surface area (Å²) in [5.41, 5.74) is 1.12. The summed E-state index contributed by atoms with van der Waals surface area (Å²) in [7, 11) is 2.91. The maximum Gasteiger partial charge on any atom is 0.266 e. The van der Waals surface area contributed by atoms with Gasteiger partial charge < -0.3 is 24.8 Å². The molecule has 0 saturated carbocycles. The average Bonchev–Trinajstić information content (AvgIpc) is 2.88. The molecule has 3 aromatic rings. The molecule has 0 heterocycles. The molecule has 0 aliphatic carbocycles. The number of amides is 2. The first-order valence-corrected chi connectivity index (χ1v) is 10.8. The van der Waals surface area contributed by atoms with E-state index in [1.54, 1.807) is 24.3 Å². The zero-order chi connectivity index (χ0) is 26.1. The number of benzene rings is 3. The van der Waals surface area contributed by atoms with Crippen LogP contribution in [0.25, 0.3) is 6.08 Å². The van der Waals surface area contributed by atoms with Crippen molar-refractivity contribution in [3.63, 3.8) is 0 Å². The van der Waals surface area contributed by atoms with Crippen molar-refractivity contribution in [3.8, 4) is 23.3 Å². The highest BCUT2D eigenvalue weighted by Gasteiger charge is 2.16. The molecule has 0 fully saturated rings. The maximum atomic E-state index is 13.0. The molecule has 36 heavy (non-hydrogen) atoms. The molecule has 184 valence electrons. The van der Waals surface area contributed by atoms with Gasteiger partial charge in [0.15, 0.2) is 18.1 Å². The van der Waals surface area contributed by atoms with Crippen molar-refractivity contribution < 1.29 is 28.2 Å². The van der Waals surface area contributed by atoms with Crippen LogP contribution < -0.4 is 24.8 Å². The predicted octanol–water partition coefficient (Wildman–Crippen LogP) is 5.06. The van der Waals surface area contributed by atoms with Crippen LogP contribution in [0.2, 0.25) is 5.02 Å². The third-order valence-corrected chi connectivity index (χ3v) is 5.03. The van der Waals surface area contributed by atoms with Crippen LogP contribution in [0.3, 0.4) is 0 Å². The second kappa shape index (κ2) is 12.2. The number of carbonyl (C=O) groups excluding carboxylic acids is 2. The average molecular weight is 510 g/mol. The SMILES string of the molecule is COc1ccc(NC(=O)/C(C#N)=C\c2cc(Cl)c(OCC(=O)Nc3ccc(F)cc3)c(OC)c2)cc1. The molecule has 0 radical (unpaired) electrons. The Morgan fingerprint density at radius 2 is 1.64 bits per heavy atom. The van der Waals surface area contributed by atoms with Crippen molar-refractivity contribution in [3.05, 3.63) is 82.6 Å². The van der Waals surface area contributed by atoms with E-state index < -0.39 is 24.2 Å². The summed E-state index contributed by atoms with van der Waals surface area (Å²) in [6, 6.07) is 16.7. The van der Waals surface area contributed by atoms with Crippen molar-refractivity contribution in [1.82, 2.24) is 0 Å². The van der Waals surface area contributed by atoms with Crippen LogP contribution in [-0.2, 0) is 9.59 Å². The van der Waals surface area contributed by atoms with Crippen LogP contribution in [0.4, 0.5) is 15.8 Å². The van der Waals surface area contributed by atoms with Crippen LogP contribution in [0.5, 0.6) is 17.2 Å². The van der Waals surface area contributed by atoms with Crippen molar-refractivity contribution >= 4 is 40.9 Å². The quantitative estimate of drug-likeness (QED) is 0.308. The van der Waals surface area contributed by atoms with Gasteiger partial charge in [-0.1, -0.05) is 11.6 Å². The van der Waals surface area contributed by atoms with E-state index in [0.717, 1.165) is 0 Å². The van der Waals surface area contributed by atoms with Crippen LogP contribution >= 0.6 is 11.6 Å². The van der Waals surface area contributed by atoms with Crippen molar-refractivity contribution in [1.29, 1.82) is 5.26 Å². The largest absolute Gasteiger partial charge is 0.497 e. The molecule has 0 atom stereocenters. The minimum absolute atomic E-state index is 0.100. The van der Waals surface area contributed by atoms with Gasteiger partial charge in [-0.25, -0.2) is 4.39 Å². The van der Waals surface area contributed by atoms with Gasteiger partial charge in [0, 0.05) is 11.4 Å². The summed E-state index contributed by atoms with van der Waals surface area (Å²) in [5.74, 6) is -0.613. The summed E-state index contributed by atoms with van der Waals surface area (Å²) in [6.45, 7) is -0.393. The molecular weight excluding hydrogens is 489 g/mol. The molecular formula is C26H21ClFN3O5. The molecule has 0 aliphatic heterocycles. The number of anilines is 2. The van der Waals surface area contributed by atoms with Gasteiger partial charge in [0.1, 0.15) is 23.2 Å². The third kappa shape index (κ3) is 6.98. The Kier molecular flexibility index (Phi) is 8.86. The lowest BCUT2D eigenvalue weighted by Gasteiger charge is -2.13. The Balaban J connectivity index is 1.72. The minimum atomic E-state index is -0.615. The van der Waals surface area contributed by atoms with E-state index in [1.807, 2.05) is 6.07 Å². The van der Waals surface area contributed by atoms with Crippen molar-refractivity contribution in [2.45, 2.75) is 0 Å². The summed E-state index contributed by atoms with van der Waals surface area (Å²) >= 11 is 6.34. The fourth-order valence-electron chi connectivity index (χ4n) is 3.02. The summed E-state index contributed by atoms with van der Waals surface area (Å²) in [4.78, 5) is 24.8. The maximum absolute atomic E-state index is 13.0. The Morgan fingerprint density at radius 3 is 2.25 bits per heavy atom. The molecule has 10 heteroatoms. The van der Waals surface area contributed by atoms with Crippen molar-refractivity contribution in [2.75, 3.05) is 31.5 Å². The lowest BCUT2D eigenvalue weighted by atomic mass is 10.1. The highest BCUT2D eigenvalue weighted by Crippen LogP contribution is 2.37. The molecule has 0 aliphatic rings. The lowest BCUT2D eigenvalue weighted by molar-refractivity contribution is -0.118. The van der Waals surface area contributed by atoms with Gasteiger partial charge in [0.25, 0.3) is 11.8 Å². The molecule has 0 unspecified atom stereocenters. The van der Waals surface area contributed by atoms with Crippen LogP contribution in [-0.4, -0.2) is 32.6 Å². The molecule has 2 N–H and O–H groups in total. The highest BCUT2D eigenvalue weighted by atomic mass is 35.5. The van der Waals surface area contributed by atoms with E-state index in [1.165, 1.54) is 56.7 Å². The Morgan fingerprint density at radius 1 is 1.00 bits per heavy atom. The minimum Gasteiger partial charge on any atom is -0.497 e. The number of halogens is 2. The van der Waals surface area contributed by atoms with Gasteiger partial charge >= 0.3 is 0 Å². The standard InChI is InChI=1S/C26H21ClFN3O5/c1-34-21-9-7-20(8-10-21)31-26(33)17(14-29)11-16-12-22(27)25(23(13-16)35-2)36-15-24(32)30-19-5-3-18(28)4-6-19/h3-13H,15H2,1-2H3,(H,30,32)(H,31,33)/b17-11-. The number of methoxy groups -OCH3 is 2. The molecule has 0 spiro atoms. The van der Waals surface area contributed by atoms with Gasteiger partial charge in [0.2, 0.25) is 0 Å². The summed E-state index contributed by atoms with van der Waals surface area (Å²) < 4.78 is 28.9. The molecule has 0 bridgehead atoms. The first kappa shape index (κ1) is 26.1. The second-order valence-electron chi connectivity index (χ2n) is 7.23. The highest BCUT2D eigenvalue weighted by molar-refractivity contribution is 6.32. The molecule has 3 rings (SSSR count). The van der Waals surface area contributed by atoms with Gasteiger partial charge in [0.05, 0.1) is 19.2 Å². The van der Waals surface area contributed by atoms with Crippen LogP contribution in [0.1, 0.15) is 5.56 Å². The molecule has 2 amide bonds. The molecule has 3 aromatic carbocycles. The van der Waals surface area contributed by atoms with Gasteiger partial charge in [-0.3, -0.25) is 9.59 Å². The van der Waals surface area contributed by atoms with Crippen LogP contribution in [0, 0.1) is 17.1 Å². The fourth-order valence-corrected chi connectivity index (χ4v) is 3.29. The number of nitrogens with zero attached hydrogens (tertiary/aromatic N) is 1. The van der Waals surface area contributed by atoms with Crippen molar-refractivity contribution in [2.24, 2.45) is 0 Å². The van der Waals surface area contributed by atoms with Gasteiger partial charge in [-0.2, -0.15) is 5.26 Å². The summed E-state index contributed by atoms with van der Waals surface area (Å²) in [5, 5.41) is 14.8. The van der Waals surface area contributed by atoms with E-state index >= 15 is 0 Å². The van der Waals surface area contributed by atoms with E-state index in [2.05, 4.69) is 10.6 Å². The topological polar surface area (TPSA) is 110 Å². The molecule has 0 aromatic heterocycles. The number of nitrogens with one attached hydrogen (secondary N) is 2. The number of nitriles is 1. The normalized spacial score (nSPS) is 10.7. The van der Waals surface area contributed by atoms with E-state index in [4.69, 9.17) is 25.8 Å². The van der Waals surface area contributed by atoms with E-state index in [0.29, 0.717) is 22.7 Å². The predicted molar refractivity (Wildman–Crippen MR) is 134 cm³/mol. The van der Waals surface area contributed by atoms with E-state index in [-0.39, 0.29) is 22.1 Å². The molecule has 8 nitrogen and oxygen atoms in total. The number of carbonyl (C=O) groups is 2. The second-order valence-corrected chi connectivity index (χ2v) is 7.64. The smallest absolute Gasteiger partial charge is 0.266 e. The summed E-state index contributed by atoms with van der Waals surface area (Å²) in [6.07, 6.45) is 1.35. The zero-order valence-electron chi connectivity index (χ0n) is 19.3.